The summed E-state index contributed by atoms with van der Waals surface area (Å²) in [6.45, 7) is 14.7. The molecule has 0 radical (unpaired) electrons. The Hall–Kier alpha value is -3.47. The molecule has 0 saturated heterocycles. The van der Waals surface area contributed by atoms with Crippen LogP contribution < -0.4 is 27.0 Å². The van der Waals surface area contributed by atoms with Crippen molar-refractivity contribution < 1.29 is 29.1 Å². The zero-order valence-electron chi connectivity index (χ0n) is 27.0. The van der Waals surface area contributed by atoms with Crippen LogP contribution in [0.25, 0.3) is 0 Å². The van der Waals surface area contributed by atoms with E-state index in [1.165, 1.54) is 0 Å². The highest BCUT2D eigenvalue weighted by Crippen LogP contribution is 2.13. The molecule has 0 saturated carbocycles. The monoisotopic (exact) mass is 603 g/mol. The number of hydrogen-bond acceptors (Lipinski definition) is 6. The molecule has 1 aromatic rings. The third-order valence-electron chi connectivity index (χ3n) is 7.34. The van der Waals surface area contributed by atoms with Crippen molar-refractivity contribution in [2.45, 2.75) is 111 Å². The fraction of sp³-hybridized carbons (Fsp3) is 0.656. The number of nitrogens with one attached hydrogen (secondary N) is 4. The highest BCUT2D eigenvalue weighted by atomic mass is 16.4. The quantitative estimate of drug-likeness (QED) is 0.149. The Kier molecular flexibility index (Phi) is 15.9. The number of rotatable bonds is 18. The third kappa shape index (κ3) is 13.1. The van der Waals surface area contributed by atoms with E-state index in [0.717, 1.165) is 5.56 Å². The number of nitrogens with two attached hydrogens (primary N) is 1. The third-order valence-corrected chi connectivity index (χ3v) is 7.34. The maximum atomic E-state index is 13.5. The van der Waals surface area contributed by atoms with E-state index in [0.29, 0.717) is 12.8 Å². The molecule has 242 valence electrons. The molecule has 6 atom stereocenters. The zero-order chi connectivity index (χ0) is 32.9. The van der Waals surface area contributed by atoms with E-state index in [1.807, 2.05) is 65.0 Å². The van der Waals surface area contributed by atoms with E-state index in [-0.39, 0.29) is 36.5 Å². The standard InChI is InChI=1S/C32H53N5O6/c1-9-21(8)27(32(42)43)37-30(40)25(16-19(4)5)34-29(39)24(15-18(2)3)35-31(41)26(20(6)7)36-28(38)23(33)17-22-13-11-10-12-14-22/h10-14,18-21,23-27H,9,15-17,33H2,1-8H3,(H,34,39)(H,35,41)(H,36,38)(H,37,40)(H,42,43)/t21-,23+,24+,25+,26-,27-/m0/s1. The Labute approximate surface area is 256 Å². The van der Waals surface area contributed by atoms with Gasteiger partial charge in [0.15, 0.2) is 0 Å². The fourth-order valence-electron chi connectivity index (χ4n) is 4.63. The van der Waals surface area contributed by atoms with Crippen LogP contribution in [0, 0.1) is 23.7 Å². The van der Waals surface area contributed by atoms with Gasteiger partial charge in [0.1, 0.15) is 24.2 Å². The summed E-state index contributed by atoms with van der Waals surface area (Å²) in [5.41, 5.74) is 7.03. The molecular formula is C32H53N5O6. The fourth-order valence-corrected chi connectivity index (χ4v) is 4.63. The summed E-state index contributed by atoms with van der Waals surface area (Å²) in [7, 11) is 0. The molecule has 0 aliphatic heterocycles. The van der Waals surface area contributed by atoms with E-state index >= 15 is 0 Å². The first-order chi connectivity index (χ1) is 20.1. The van der Waals surface area contributed by atoms with Gasteiger partial charge in [0.25, 0.3) is 0 Å². The Bertz CT molecular complexity index is 1060. The topological polar surface area (TPSA) is 180 Å². The van der Waals surface area contributed by atoms with Crippen molar-refractivity contribution in [2.75, 3.05) is 0 Å². The second-order valence-electron chi connectivity index (χ2n) is 12.6. The summed E-state index contributed by atoms with van der Waals surface area (Å²) >= 11 is 0. The molecule has 11 heteroatoms. The van der Waals surface area contributed by atoms with Crippen LogP contribution in [0.1, 0.15) is 80.2 Å². The van der Waals surface area contributed by atoms with Crippen LogP contribution in [-0.2, 0) is 30.4 Å². The Morgan fingerprint density at radius 2 is 1.16 bits per heavy atom. The Morgan fingerprint density at radius 1 is 0.698 bits per heavy atom. The van der Waals surface area contributed by atoms with Gasteiger partial charge >= 0.3 is 5.97 Å². The molecule has 0 aliphatic rings. The number of aliphatic carboxylic acids is 1. The summed E-state index contributed by atoms with van der Waals surface area (Å²) in [5, 5.41) is 20.5. The summed E-state index contributed by atoms with van der Waals surface area (Å²) in [5.74, 6) is -3.90. The summed E-state index contributed by atoms with van der Waals surface area (Å²) < 4.78 is 0. The van der Waals surface area contributed by atoms with Crippen molar-refractivity contribution in [1.82, 2.24) is 21.3 Å². The lowest BCUT2D eigenvalue weighted by Gasteiger charge is -2.29. The molecule has 0 unspecified atom stereocenters. The molecular weight excluding hydrogens is 550 g/mol. The van der Waals surface area contributed by atoms with Crippen LogP contribution in [-0.4, -0.2) is 64.9 Å². The number of carboxylic acids is 1. The number of carbonyl (C=O) groups is 5. The van der Waals surface area contributed by atoms with Gasteiger partial charge in [-0.25, -0.2) is 4.79 Å². The van der Waals surface area contributed by atoms with Gasteiger partial charge in [-0.3, -0.25) is 19.2 Å². The Morgan fingerprint density at radius 3 is 1.60 bits per heavy atom. The van der Waals surface area contributed by atoms with E-state index < -0.39 is 59.8 Å². The molecule has 0 aromatic heterocycles. The number of benzene rings is 1. The minimum Gasteiger partial charge on any atom is -0.480 e. The summed E-state index contributed by atoms with van der Waals surface area (Å²) in [6, 6.07) is 4.42. The predicted molar refractivity (Wildman–Crippen MR) is 167 cm³/mol. The molecule has 0 aliphatic carbocycles. The van der Waals surface area contributed by atoms with E-state index in [1.54, 1.807) is 20.8 Å². The number of amides is 4. The number of carbonyl (C=O) groups excluding carboxylic acids is 4. The van der Waals surface area contributed by atoms with Crippen molar-refractivity contribution in [3.63, 3.8) is 0 Å². The molecule has 7 N–H and O–H groups in total. The lowest BCUT2D eigenvalue weighted by Crippen LogP contribution is -2.60. The van der Waals surface area contributed by atoms with Crippen LogP contribution in [0.15, 0.2) is 30.3 Å². The van der Waals surface area contributed by atoms with Crippen molar-refractivity contribution >= 4 is 29.6 Å². The SMILES string of the molecule is CC[C@H](C)[C@H](NC(=O)[C@@H](CC(C)C)NC(=O)[C@@H](CC(C)C)NC(=O)[C@@H](NC(=O)[C@H](N)Cc1ccccc1)C(C)C)C(=O)O. The smallest absolute Gasteiger partial charge is 0.326 e. The normalized spacial score (nSPS) is 15.6. The van der Waals surface area contributed by atoms with Gasteiger partial charge in [0.05, 0.1) is 6.04 Å². The highest BCUT2D eigenvalue weighted by molar-refractivity contribution is 5.95. The molecule has 0 heterocycles. The second-order valence-corrected chi connectivity index (χ2v) is 12.6. The van der Waals surface area contributed by atoms with E-state index in [2.05, 4.69) is 21.3 Å². The van der Waals surface area contributed by atoms with Gasteiger partial charge < -0.3 is 32.1 Å². The van der Waals surface area contributed by atoms with Gasteiger partial charge in [-0.1, -0.05) is 92.1 Å². The van der Waals surface area contributed by atoms with Crippen LogP contribution in [0.5, 0.6) is 0 Å². The van der Waals surface area contributed by atoms with Crippen molar-refractivity contribution in [1.29, 1.82) is 0 Å². The maximum Gasteiger partial charge on any atom is 0.326 e. The zero-order valence-corrected chi connectivity index (χ0v) is 27.0. The first-order valence-electron chi connectivity index (χ1n) is 15.3. The molecule has 0 spiro atoms. The van der Waals surface area contributed by atoms with Crippen LogP contribution in [0.3, 0.4) is 0 Å². The van der Waals surface area contributed by atoms with Crippen LogP contribution in [0.2, 0.25) is 0 Å². The van der Waals surface area contributed by atoms with Gasteiger partial charge in [-0.05, 0) is 48.5 Å². The van der Waals surface area contributed by atoms with Crippen LogP contribution in [0.4, 0.5) is 0 Å². The highest BCUT2D eigenvalue weighted by Gasteiger charge is 2.34. The molecule has 43 heavy (non-hydrogen) atoms. The molecule has 11 nitrogen and oxygen atoms in total. The van der Waals surface area contributed by atoms with Gasteiger partial charge in [0.2, 0.25) is 23.6 Å². The van der Waals surface area contributed by atoms with E-state index in [9.17, 15) is 29.1 Å². The second kappa shape index (κ2) is 18.3. The number of hydrogen-bond donors (Lipinski definition) is 6. The van der Waals surface area contributed by atoms with Crippen molar-refractivity contribution in [2.24, 2.45) is 29.4 Å². The van der Waals surface area contributed by atoms with Crippen LogP contribution >= 0.6 is 0 Å². The van der Waals surface area contributed by atoms with Gasteiger partial charge in [0, 0.05) is 0 Å². The minimum absolute atomic E-state index is 0.0154. The average molecular weight is 604 g/mol. The average Bonchev–Trinajstić information content (AvgIpc) is 2.92. The first-order valence-corrected chi connectivity index (χ1v) is 15.3. The molecule has 0 fully saturated rings. The molecule has 1 rings (SSSR count). The minimum atomic E-state index is -1.15. The maximum absolute atomic E-state index is 13.5. The first kappa shape index (κ1) is 37.6. The molecule has 1 aromatic carbocycles. The number of carboxylic acid groups (broad SMARTS) is 1. The molecule has 0 bridgehead atoms. The lowest BCUT2D eigenvalue weighted by atomic mass is 9.96. The predicted octanol–water partition coefficient (Wildman–Crippen LogP) is 2.37. The van der Waals surface area contributed by atoms with Gasteiger partial charge in [-0.2, -0.15) is 0 Å². The lowest BCUT2D eigenvalue weighted by molar-refractivity contribution is -0.144. The largest absolute Gasteiger partial charge is 0.480 e. The summed E-state index contributed by atoms with van der Waals surface area (Å²) in [4.78, 5) is 64.8. The molecule has 4 amide bonds. The van der Waals surface area contributed by atoms with E-state index in [4.69, 9.17) is 5.73 Å². The summed E-state index contributed by atoms with van der Waals surface area (Å²) in [6.07, 6.45) is 1.41. The van der Waals surface area contributed by atoms with Crippen molar-refractivity contribution in [3.05, 3.63) is 35.9 Å². The Balaban J connectivity index is 3.08. The van der Waals surface area contributed by atoms with Gasteiger partial charge in [-0.15, -0.1) is 0 Å². The van der Waals surface area contributed by atoms with Crippen molar-refractivity contribution in [3.8, 4) is 0 Å².